The third-order valence-electron chi connectivity index (χ3n) is 4.98. The Balaban J connectivity index is 1.92. The van der Waals surface area contributed by atoms with Crippen LogP contribution in [-0.2, 0) is 5.60 Å². The lowest BCUT2D eigenvalue weighted by Crippen LogP contribution is -2.28. The Hall–Kier alpha value is -2.84. The molecule has 2 nitrogen and oxygen atoms in total. The van der Waals surface area contributed by atoms with E-state index >= 15 is 0 Å². The van der Waals surface area contributed by atoms with Gasteiger partial charge in [-0.1, -0.05) is 60.7 Å². The predicted octanol–water partition coefficient (Wildman–Crippen LogP) is 5.35. The first-order chi connectivity index (χ1) is 11.7. The molecule has 1 heterocycles. The molecule has 0 unspecified atom stereocenters. The molecule has 5 rings (SSSR count). The van der Waals surface area contributed by atoms with E-state index in [1.165, 1.54) is 0 Å². The summed E-state index contributed by atoms with van der Waals surface area (Å²) in [6, 6.07) is 24.2. The minimum atomic E-state index is -1.12. The molecule has 0 atom stereocenters. The summed E-state index contributed by atoms with van der Waals surface area (Å²) in [7, 11) is 0. The number of rotatable bonds is 0. The van der Waals surface area contributed by atoms with Gasteiger partial charge in [0.1, 0.15) is 17.1 Å². The Labute approximate surface area is 139 Å². The van der Waals surface area contributed by atoms with Crippen LogP contribution in [-0.4, -0.2) is 5.11 Å². The minimum Gasteiger partial charge on any atom is -0.456 e. The standard InChI is InChI=1S/C22H16O2/c1-22(23)20-16-8-4-2-6-14(16)10-12-18(20)24-19-13-11-15-7-3-5-9-17(15)21(19)22/h2-13,23H,1H3. The van der Waals surface area contributed by atoms with E-state index in [0.29, 0.717) is 0 Å². The van der Waals surface area contributed by atoms with Crippen molar-refractivity contribution in [3.63, 3.8) is 0 Å². The first-order valence-corrected chi connectivity index (χ1v) is 8.11. The lowest BCUT2D eigenvalue weighted by Gasteiger charge is -2.35. The third-order valence-corrected chi connectivity index (χ3v) is 4.98. The summed E-state index contributed by atoms with van der Waals surface area (Å²) in [4.78, 5) is 0. The summed E-state index contributed by atoms with van der Waals surface area (Å²) in [5, 5.41) is 15.8. The Morgan fingerprint density at radius 3 is 1.62 bits per heavy atom. The van der Waals surface area contributed by atoms with Crippen LogP contribution in [0.5, 0.6) is 11.5 Å². The highest BCUT2D eigenvalue weighted by molar-refractivity contribution is 5.94. The minimum absolute atomic E-state index is 0.724. The molecule has 1 aliphatic rings. The first kappa shape index (κ1) is 13.6. The van der Waals surface area contributed by atoms with Gasteiger partial charge in [-0.2, -0.15) is 0 Å². The van der Waals surface area contributed by atoms with Gasteiger partial charge in [0.2, 0.25) is 0 Å². The van der Waals surface area contributed by atoms with Crippen LogP contribution in [0.25, 0.3) is 21.5 Å². The fourth-order valence-electron chi connectivity index (χ4n) is 3.92. The number of benzene rings is 4. The van der Waals surface area contributed by atoms with Gasteiger partial charge < -0.3 is 9.84 Å². The molecule has 1 N–H and O–H groups in total. The average molecular weight is 312 g/mol. The molecular formula is C22H16O2. The van der Waals surface area contributed by atoms with Crippen molar-refractivity contribution < 1.29 is 9.84 Å². The summed E-state index contributed by atoms with van der Waals surface area (Å²) in [6.45, 7) is 1.87. The third kappa shape index (κ3) is 1.69. The topological polar surface area (TPSA) is 29.5 Å². The normalized spacial score (nSPS) is 14.9. The lowest BCUT2D eigenvalue weighted by molar-refractivity contribution is 0.0936. The van der Waals surface area contributed by atoms with Crippen LogP contribution in [0.4, 0.5) is 0 Å². The van der Waals surface area contributed by atoms with Gasteiger partial charge in [0.15, 0.2) is 0 Å². The van der Waals surface area contributed by atoms with Crippen molar-refractivity contribution in [2.75, 3.05) is 0 Å². The zero-order chi connectivity index (χ0) is 16.3. The monoisotopic (exact) mass is 312 g/mol. The highest BCUT2D eigenvalue weighted by Gasteiger charge is 2.39. The second-order valence-corrected chi connectivity index (χ2v) is 6.49. The van der Waals surface area contributed by atoms with Gasteiger partial charge >= 0.3 is 0 Å². The molecule has 0 fully saturated rings. The van der Waals surface area contributed by atoms with Crippen molar-refractivity contribution in [3.05, 3.63) is 83.9 Å². The van der Waals surface area contributed by atoms with Gasteiger partial charge in [-0.15, -0.1) is 0 Å². The van der Waals surface area contributed by atoms with E-state index < -0.39 is 5.60 Å². The second-order valence-electron chi connectivity index (χ2n) is 6.49. The largest absolute Gasteiger partial charge is 0.456 e. The molecule has 0 saturated carbocycles. The maximum Gasteiger partial charge on any atom is 0.134 e. The van der Waals surface area contributed by atoms with Crippen LogP contribution in [0.1, 0.15) is 18.1 Å². The van der Waals surface area contributed by atoms with Crippen LogP contribution in [0, 0.1) is 0 Å². The van der Waals surface area contributed by atoms with E-state index in [9.17, 15) is 5.11 Å². The summed E-state index contributed by atoms with van der Waals surface area (Å²) < 4.78 is 6.17. The maximum absolute atomic E-state index is 11.6. The smallest absolute Gasteiger partial charge is 0.134 e. The van der Waals surface area contributed by atoms with Crippen LogP contribution in [0.15, 0.2) is 72.8 Å². The van der Waals surface area contributed by atoms with E-state index in [-0.39, 0.29) is 0 Å². The van der Waals surface area contributed by atoms with Crippen molar-refractivity contribution in [1.82, 2.24) is 0 Å². The number of hydrogen-bond acceptors (Lipinski definition) is 2. The summed E-state index contributed by atoms with van der Waals surface area (Å²) in [5.41, 5.74) is 0.555. The van der Waals surface area contributed by atoms with E-state index in [2.05, 4.69) is 12.1 Å². The first-order valence-electron chi connectivity index (χ1n) is 8.11. The maximum atomic E-state index is 11.6. The van der Waals surface area contributed by atoms with Crippen LogP contribution in [0.3, 0.4) is 0 Å². The average Bonchev–Trinajstić information content (AvgIpc) is 2.60. The fourth-order valence-corrected chi connectivity index (χ4v) is 3.92. The molecule has 4 aromatic rings. The molecule has 0 aromatic heterocycles. The van der Waals surface area contributed by atoms with Crippen LogP contribution < -0.4 is 4.74 Å². The van der Waals surface area contributed by atoms with E-state index in [1.54, 1.807) is 0 Å². The lowest BCUT2D eigenvalue weighted by atomic mass is 9.80. The Kier molecular flexibility index (Phi) is 2.60. The summed E-state index contributed by atoms with van der Waals surface area (Å²) in [5.74, 6) is 1.45. The highest BCUT2D eigenvalue weighted by Crippen LogP contribution is 2.51. The molecule has 1 aliphatic heterocycles. The van der Waals surface area contributed by atoms with E-state index in [1.807, 2.05) is 67.6 Å². The summed E-state index contributed by atoms with van der Waals surface area (Å²) in [6.07, 6.45) is 0. The van der Waals surface area contributed by atoms with Gasteiger partial charge in [0.05, 0.1) is 0 Å². The van der Waals surface area contributed by atoms with Crippen molar-refractivity contribution in [1.29, 1.82) is 0 Å². The number of aliphatic hydroxyl groups is 1. The molecule has 0 aliphatic carbocycles. The number of ether oxygens (including phenoxy) is 1. The van der Waals surface area contributed by atoms with Gasteiger partial charge in [0, 0.05) is 11.1 Å². The molecule has 4 aromatic carbocycles. The summed E-state index contributed by atoms with van der Waals surface area (Å²) >= 11 is 0. The zero-order valence-electron chi connectivity index (χ0n) is 13.3. The van der Waals surface area contributed by atoms with Gasteiger partial charge in [0.25, 0.3) is 0 Å². The molecule has 116 valence electrons. The molecular weight excluding hydrogens is 296 g/mol. The van der Waals surface area contributed by atoms with E-state index in [4.69, 9.17) is 4.74 Å². The highest BCUT2D eigenvalue weighted by atomic mass is 16.5. The van der Waals surface area contributed by atoms with Crippen molar-refractivity contribution in [2.45, 2.75) is 12.5 Å². The molecule has 0 radical (unpaired) electrons. The van der Waals surface area contributed by atoms with Crippen molar-refractivity contribution in [2.24, 2.45) is 0 Å². The fraction of sp³-hybridized carbons (Fsp3) is 0.0909. The SMILES string of the molecule is CC1(O)c2c(ccc3ccccc23)Oc2ccc3ccccc3c21. The molecule has 2 heteroatoms. The second kappa shape index (κ2) is 4.59. The van der Waals surface area contributed by atoms with Gasteiger partial charge in [-0.05, 0) is 40.6 Å². The van der Waals surface area contributed by atoms with Crippen LogP contribution >= 0.6 is 0 Å². The van der Waals surface area contributed by atoms with Gasteiger partial charge in [-0.3, -0.25) is 0 Å². The Bertz CT molecular complexity index is 1020. The van der Waals surface area contributed by atoms with Gasteiger partial charge in [-0.25, -0.2) is 0 Å². The van der Waals surface area contributed by atoms with E-state index in [0.717, 1.165) is 44.2 Å². The quantitative estimate of drug-likeness (QED) is 0.474. The van der Waals surface area contributed by atoms with Crippen molar-refractivity contribution >= 4 is 21.5 Å². The van der Waals surface area contributed by atoms with Crippen molar-refractivity contribution in [3.8, 4) is 11.5 Å². The molecule has 0 bridgehead atoms. The Morgan fingerprint density at radius 2 is 1.12 bits per heavy atom. The molecule has 0 saturated heterocycles. The molecule has 0 spiro atoms. The molecule has 24 heavy (non-hydrogen) atoms. The Morgan fingerprint density at radius 1 is 0.667 bits per heavy atom. The van der Waals surface area contributed by atoms with Crippen LogP contribution in [0.2, 0.25) is 0 Å². The molecule has 0 amide bonds. The number of fused-ring (bicyclic) bond motifs is 6. The predicted molar refractivity (Wildman–Crippen MR) is 96.6 cm³/mol. The zero-order valence-corrected chi connectivity index (χ0v) is 13.3. The number of hydrogen-bond donors (Lipinski definition) is 1.